The summed E-state index contributed by atoms with van der Waals surface area (Å²) < 4.78 is 0. The summed E-state index contributed by atoms with van der Waals surface area (Å²) in [5, 5.41) is 3.92. The Kier molecular flexibility index (Phi) is 2.55. The maximum Gasteiger partial charge on any atom is 0.0460 e. The Morgan fingerprint density at radius 1 is 0.800 bits per heavy atom. The molecule has 0 saturated carbocycles. The molecule has 0 fully saturated rings. The van der Waals surface area contributed by atoms with E-state index in [-0.39, 0.29) is 0 Å². The molecule has 1 heteroatoms. The fourth-order valence-corrected chi connectivity index (χ4v) is 1.82. The summed E-state index contributed by atoms with van der Waals surface area (Å²) in [6.07, 6.45) is 1.98. The molecule has 0 amide bonds. The number of hydrogen-bond acceptors (Lipinski definition) is 0. The quantitative estimate of drug-likeness (QED) is 0.519. The molecule has 1 nitrogen and oxygen atoms in total. The first-order chi connectivity index (χ1) is 7.45. The van der Waals surface area contributed by atoms with Crippen molar-refractivity contribution in [1.29, 1.82) is 0 Å². The van der Waals surface area contributed by atoms with Gasteiger partial charge in [-0.3, -0.25) is 0 Å². The molecule has 0 aliphatic rings. The Balaban J connectivity index is 0.000000404. The van der Waals surface area contributed by atoms with Crippen molar-refractivity contribution in [2.75, 3.05) is 0 Å². The molecule has 0 aliphatic heterocycles. The molecule has 0 aliphatic carbocycles. The maximum atomic E-state index is 3.21. The predicted octanol–water partition coefficient (Wildman–Crippen LogP) is 4.12. The van der Waals surface area contributed by atoms with Gasteiger partial charge in [-0.15, -0.1) is 13.2 Å². The SMILES string of the molecule is C=C.c1ccc2c(c1)ccc1[nH]ccc12. The zero-order valence-electron chi connectivity index (χ0n) is 8.53. The lowest BCUT2D eigenvalue weighted by Crippen LogP contribution is -1.72. The van der Waals surface area contributed by atoms with Gasteiger partial charge in [-0.25, -0.2) is 0 Å². The Hall–Kier alpha value is -2.02. The average molecular weight is 195 g/mol. The largest absolute Gasteiger partial charge is 0.361 e. The summed E-state index contributed by atoms with van der Waals surface area (Å²) in [7, 11) is 0. The molecule has 3 aromatic rings. The molecule has 0 spiro atoms. The number of nitrogens with one attached hydrogen (secondary N) is 1. The zero-order chi connectivity index (χ0) is 10.7. The molecule has 1 heterocycles. The van der Waals surface area contributed by atoms with Crippen LogP contribution in [0, 0.1) is 0 Å². The number of fused-ring (bicyclic) bond motifs is 3. The molecule has 1 N–H and O–H groups in total. The van der Waals surface area contributed by atoms with E-state index >= 15 is 0 Å². The first-order valence-electron chi connectivity index (χ1n) is 4.90. The Morgan fingerprint density at radius 2 is 1.60 bits per heavy atom. The summed E-state index contributed by atoms with van der Waals surface area (Å²) in [5.74, 6) is 0. The van der Waals surface area contributed by atoms with Crippen molar-refractivity contribution in [3.8, 4) is 0 Å². The normalized spacial score (nSPS) is 9.87. The van der Waals surface area contributed by atoms with E-state index in [9.17, 15) is 0 Å². The van der Waals surface area contributed by atoms with Crippen LogP contribution in [0.3, 0.4) is 0 Å². The lowest BCUT2D eigenvalue weighted by molar-refractivity contribution is 1.48. The van der Waals surface area contributed by atoms with E-state index in [1.807, 2.05) is 6.20 Å². The van der Waals surface area contributed by atoms with Gasteiger partial charge >= 0.3 is 0 Å². The second kappa shape index (κ2) is 4.01. The topological polar surface area (TPSA) is 15.8 Å². The van der Waals surface area contributed by atoms with Crippen LogP contribution in [0.2, 0.25) is 0 Å². The van der Waals surface area contributed by atoms with Gasteiger partial charge in [-0.05, 0) is 22.9 Å². The fraction of sp³-hybridized carbons (Fsp3) is 0. The van der Waals surface area contributed by atoms with Crippen molar-refractivity contribution in [2.24, 2.45) is 0 Å². The molecule has 0 bridgehead atoms. The molecule has 0 radical (unpaired) electrons. The minimum absolute atomic E-state index is 1.21. The summed E-state index contributed by atoms with van der Waals surface area (Å²) in [5.41, 5.74) is 1.21. The third-order valence-corrected chi connectivity index (χ3v) is 2.46. The van der Waals surface area contributed by atoms with Crippen molar-refractivity contribution >= 4 is 21.7 Å². The van der Waals surface area contributed by atoms with Gasteiger partial charge < -0.3 is 4.98 Å². The monoisotopic (exact) mass is 195 g/mol. The van der Waals surface area contributed by atoms with E-state index in [0.717, 1.165) is 0 Å². The third-order valence-electron chi connectivity index (χ3n) is 2.46. The summed E-state index contributed by atoms with van der Waals surface area (Å²) >= 11 is 0. The van der Waals surface area contributed by atoms with E-state index in [0.29, 0.717) is 0 Å². The van der Waals surface area contributed by atoms with Crippen LogP contribution >= 0.6 is 0 Å². The molecule has 15 heavy (non-hydrogen) atoms. The van der Waals surface area contributed by atoms with Gasteiger partial charge in [0, 0.05) is 17.1 Å². The van der Waals surface area contributed by atoms with Gasteiger partial charge in [0.15, 0.2) is 0 Å². The van der Waals surface area contributed by atoms with Crippen LogP contribution in [0.25, 0.3) is 21.7 Å². The zero-order valence-corrected chi connectivity index (χ0v) is 8.53. The minimum Gasteiger partial charge on any atom is -0.361 e. The molecular weight excluding hydrogens is 182 g/mol. The van der Waals surface area contributed by atoms with Crippen molar-refractivity contribution < 1.29 is 0 Å². The van der Waals surface area contributed by atoms with Gasteiger partial charge in [-0.2, -0.15) is 0 Å². The van der Waals surface area contributed by atoms with Gasteiger partial charge in [0.25, 0.3) is 0 Å². The predicted molar refractivity (Wildman–Crippen MR) is 67.1 cm³/mol. The average Bonchev–Trinajstić information content (AvgIpc) is 2.80. The van der Waals surface area contributed by atoms with Crippen LogP contribution in [-0.4, -0.2) is 4.98 Å². The van der Waals surface area contributed by atoms with E-state index in [2.05, 4.69) is 60.6 Å². The Bertz CT molecular complexity index is 578. The lowest BCUT2D eigenvalue weighted by atomic mass is 10.1. The molecule has 2 aromatic carbocycles. The van der Waals surface area contributed by atoms with Gasteiger partial charge in [0.2, 0.25) is 0 Å². The van der Waals surface area contributed by atoms with Gasteiger partial charge in [-0.1, -0.05) is 30.3 Å². The fourth-order valence-electron chi connectivity index (χ4n) is 1.82. The number of aromatic amines is 1. The molecule has 0 saturated heterocycles. The smallest absolute Gasteiger partial charge is 0.0460 e. The third kappa shape index (κ3) is 1.52. The molecule has 0 unspecified atom stereocenters. The van der Waals surface area contributed by atoms with Crippen LogP contribution in [-0.2, 0) is 0 Å². The first-order valence-corrected chi connectivity index (χ1v) is 4.90. The Labute approximate surface area is 89.1 Å². The Morgan fingerprint density at radius 3 is 2.47 bits per heavy atom. The second-order valence-corrected chi connectivity index (χ2v) is 3.23. The highest BCUT2D eigenvalue weighted by molar-refractivity contribution is 6.06. The number of H-pyrrole nitrogens is 1. The van der Waals surface area contributed by atoms with Crippen molar-refractivity contribution in [3.05, 3.63) is 61.8 Å². The van der Waals surface area contributed by atoms with Crippen LogP contribution in [0.15, 0.2) is 61.8 Å². The van der Waals surface area contributed by atoms with Crippen molar-refractivity contribution in [2.45, 2.75) is 0 Å². The summed E-state index contributed by atoms with van der Waals surface area (Å²) in [6, 6.07) is 14.8. The summed E-state index contributed by atoms with van der Waals surface area (Å²) in [4.78, 5) is 3.21. The minimum atomic E-state index is 1.21. The van der Waals surface area contributed by atoms with Gasteiger partial charge in [0.1, 0.15) is 0 Å². The molecule has 74 valence electrons. The van der Waals surface area contributed by atoms with Crippen molar-refractivity contribution in [1.82, 2.24) is 4.98 Å². The summed E-state index contributed by atoms with van der Waals surface area (Å²) in [6.45, 7) is 6.00. The highest BCUT2D eigenvalue weighted by Crippen LogP contribution is 2.23. The molecular formula is C14H13N. The van der Waals surface area contributed by atoms with Crippen LogP contribution in [0.1, 0.15) is 0 Å². The van der Waals surface area contributed by atoms with Crippen LogP contribution in [0.5, 0.6) is 0 Å². The first kappa shape index (κ1) is 9.53. The standard InChI is InChI=1S/C12H9N.C2H4/c1-2-4-10-9(3-1)5-6-12-11(10)7-8-13-12;1-2/h1-8,13H;1-2H2. The highest BCUT2D eigenvalue weighted by atomic mass is 14.7. The number of rotatable bonds is 0. The maximum absolute atomic E-state index is 3.21. The van der Waals surface area contributed by atoms with E-state index in [1.54, 1.807) is 0 Å². The van der Waals surface area contributed by atoms with E-state index in [4.69, 9.17) is 0 Å². The number of benzene rings is 2. The molecule has 3 rings (SSSR count). The number of aromatic nitrogens is 1. The van der Waals surface area contributed by atoms with Crippen molar-refractivity contribution in [3.63, 3.8) is 0 Å². The van der Waals surface area contributed by atoms with Crippen LogP contribution < -0.4 is 0 Å². The van der Waals surface area contributed by atoms with Crippen LogP contribution in [0.4, 0.5) is 0 Å². The second-order valence-electron chi connectivity index (χ2n) is 3.23. The highest BCUT2D eigenvalue weighted by Gasteiger charge is 1.98. The molecule has 1 aromatic heterocycles. The van der Waals surface area contributed by atoms with E-state index in [1.165, 1.54) is 21.7 Å². The lowest BCUT2D eigenvalue weighted by Gasteiger charge is -1.97. The molecule has 0 atom stereocenters. The van der Waals surface area contributed by atoms with Gasteiger partial charge in [0.05, 0.1) is 0 Å². The van der Waals surface area contributed by atoms with E-state index < -0.39 is 0 Å². The number of hydrogen-bond donors (Lipinski definition) is 1.